The summed E-state index contributed by atoms with van der Waals surface area (Å²) in [6.07, 6.45) is 8.27. The molecular formula is C25H26O3. The molecule has 0 heterocycles. The van der Waals surface area contributed by atoms with Crippen LogP contribution in [0.5, 0.6) is 5.75 Å². The summed E-state index contributed by atoms with van der Waals surface area (Å²) in [5, 5.41) is 10.4. The third-order valence-electron chi connectivity index (χ3n) is 7.39. The van der Waals surface area contributed by atoms with Gasteiger partial charge in [-0.3, -0.25) is 0 Å². The summed E-state index contributed by atoms with van der Waals surface area (Å²) in [6.45, 7) is 2.25. The van der Waals surface area contributed by atoms with Crippen LogP contribution in [0, 0.1) is 17.3 Å². The number of aliphatic hydroxyl groups excluding tert-OH is 1. The highest BCUT2D eigenvalue weighted by atomic mass is 16.5. The molecule has 28 heavy (non-hydrogen) atoms. The lowest BCUT2D eigenvalue weighted by Gasteiger charge is -2.50. The smallest absolute Gasteiger partial charge is 0.343 e. The third kappa shape index (κ3) is 2.72. The van der Waals surface area contributed by atoms with Gasteiger partial charge in [-0.25, -0.2) is 4.79 Å². The largest absolute Gasteiger partial charge is 0.423 e. The van der Waals surface area contributed by atoms with Crippen molar-refractivity contribution in [1.29, 1.82) is 0 Å². The van der Waals surface area contributed by atoms with Crippen molar-refractivity contribution < 1.29 is 14.6 Å². The van der Waals surface area contributed by atoms with E-state index in [4.69, 9.17) is 4.74 Å². The van der Waals surface area contributed by atoms with Crippen molar-refractivity contribution in [1.82, 2.24) is 0 Å². The number of ether oxygens (including phenoxy) is 1. The minimum absolute atomic E-state index is 0.00379. The van der Waals surface area contributed by atoms with Gasteiger partial charge in [0.1, 0.15) is 5.75 Å². The third-order valence-corrected chi connectivity index (χ3v) is 7.39. The van der Waals surface area contributed by atoms with Crippen LogP contribution in [0.2, 0.25) is 0 Å². The summed E-state index contributed by atoms with van der Waals surface area (Å²) >= 11 is 0. The van der Waals surface area contributed by atoms with Crippen molar-refractivity contribution in [2.24, 2.45) is 17.3 Å². The summed E-state index contributed by atoms with van der Waals surface area (Å²) in [6, 6.07) is 15.3. The first-order valence-corrected chi connectivity index (χ1v) is 10.3. The highest BCUT2D eigenvalue weighted by Crippen LogP contribution is 2.58. The van der Waals surface area contributed by atoms with E-state index in [0.29, 0.717) is 29.1 Å². The van der Waals surface area contributed by atoms with Gasteiger partial charge in [-0.15, -0.1) is 0 Å². The second kappa shape index (κ2) is 6.59. The topological polar surface area (TPSA) is 46.5 Å². The fourth-order valence-corrected chi connectivity index (χ4v) is 5.79. The first kappa shape index (κ1) is 17.7. The van der Waals surface area contributed by atoms with Crippen molar-refractivity contribution >= 4 is 5.97 Å². The van der Waals surface area contributed by atoms with E-state index < -0.39 is 0 Å². The van der Waals surface area contributed by atoms with Crippen LogP contribution in [0.1, 0.15) is 53.6 Å². The standard InChI is InChI=1S/C25H26O3/c1-25-14-13-20-19-10-8-18(28-24(27)16-5-3-2-4-6-16)15-17(19)7-9-21(20)22(25)11-12-23(25)26/h2-6,8,10-12,15,20-23,26H,7,9,13-14H2,1H3/t20?,21?,22?,23-,25?/m0/s1. The number of aryl methyl sites for hydroxylation is 1. The van der Waals surface area contributed by atoms with Crippen molar-refractivity contribution in [3.8, 4) is 5.75 Å². The molecule has 5 atom stereocenters. The first-order valence-electron chi connectivity index (χ1n) is 10.3. The van der Waals surface area contributed by atoms with Crippen LogP contribution in [0.3, 0.4) is 0 Å². The maximum Gasteiger partial charge on any atom is 0.343 e. The lowest BCUT2D eigenvalue weighted by Crippen LogP contribution is -2.44. The van der Waals surface area contributed by atoms with Crippen LogP contribution in [0.15, 0.2) is 60.7 Å². The average molecular weight is 374 g/mol. The molecule has 0 spiro atoms. The lowest BCUT2D eigenvalue weighted by atomic mass is 9.55. The zero-order chi connectivity index (χ0) is 19.3. The van der Waals surface area contributed by atoms with E-state index in [1.54, 1.807) is 12.1 Å². The Morgan fingerprint density at radius 2 is 1.93 bits per heavy atom. The second-order valence-electron chi connectivity index (χ2n) is 8.83. The van der Waals surface area contributed by atoms with Crippen molar-refractivity contribution in [2.45, 2.75) is 44.6 Å². The molecule has 0 aromatic heterocycles. The normalized spacial score (nSPS) is 32.9. The van der Waals surface area contributed by atoms with Crippen molar-refractivity contribution in [2.75, 3.05) is 0 Å². The first-order chi connectivity index (χ1) is 13.6. The molecule has 0 radical (unpaired) electrons. The molecule has 0 saturated heterocycles. The van der Waals surface area contributed by atoms with Crippen LogP contribution in [-0.4, -0.2) is 17.2 Å². The quantitative estimate of drug-likeness (QED) is 0.462. The number of hydrogen-bond donors (Lipinski definition) is 1. The number of carbonyl (C=O) groups is 1. The van der Waals surface area contributed by atoms with Gasteiger partial charge >= 0.3 is 5.97 Å². The molecule has 4 unspecified atom stereocenters. The fraction of sp³-hybridized carbons (Fsp3) is 0.400. The number of hydrogen-bond acceptors (Lipinski definition) is 3. The molecule has 1 N–H and O–H groups in total. The maximum atomic E-state index is 12.3. The minimum Gasteiger partial charge on any atom is -0.423 e. The Morgan fingerprint density at radius 3 is 2.75 bits per heavy atom. The number of aliphatic hydroxyl groups is 1. The van der Waals surface area contributed by atoms with Gasteiger partial charge in [-0.05, 0) is 78.8 Å². The highest BCUT2D eigenvalue weighted by molar-refractivity contribution is 5.91. The molecule has 3 heteroatoms. The molecule has 144 valence electrons. The van der Waals surface area contributed by atoms with Crippen LogP contribution in [-0.2, 0) is 6.42 Å². The molecule has 0 aliphatic heterocycles. The summed E-state index contributed by atoms with van der Waals surface area (Å²) in [7, 11) is 0. The molecular weight excluding hydrogens is 348 g/mol. The lowest BCUT2D eigenvalue weighted by molar-refractivity contribution is -0.0101. The summed E-state index contributed by atoms with van der Waals surface area (Å²) in [5.74, 6) is 1.91. The molecule has 5 rings (SSSR count). The van der Waals surface area contributed by atoms with Gasteiger partial charge < -0.3 is 9.84 Å². The number of carbonyl (C=O) groups excluding carboxylic acids is 1. The number of esters is 1. The number of fused-ring (bicyclic) bond motifs is 5. The van der Waals surface area contributed by atoms with E-state index >= 15 is 0 Å². The molecule has 3 aliphatic rings. The average Bonchev–Trinajstić information content (AvgIpc) is 3.03. The minimum atomic E-state index is -0.312. The summed E-state index contributed by atoms with van der Waals surface area (Å²) in [4.78, 5) is 12.3. The van der Waals surface area contributed by atoms with E-state index in [1.807, 2.05) is 30.3 Å². The summed E-state index contributed by atoms with van der Waals surface area (Å²) < 4.78 is 5.62. The van der Waals surface area contributed by atoms with Crippen molar-refractivity contribution in [3.63, 3.8) is 0 Å². The van der Waals surface area contributed by atoms with Gasteiger partial charge in [0.15, 0.2) is 0 Å². The number of benzene rings is 2. The Bertz CT molecular complexity index is 932. The molecule has 0 bridgehead atoms. The van der Waals surface area contributed by atoms with Gasteiger partial charge in [0.2, 0.25) is 0 Å². The van der Waals surface area contributed by atoms with Crippen LogP contribution in [0.25, 0.3) is 0 Å². The molecule has 1 saturated carbocycles. The predicted molar refractivity (Wildman–Crippen MR) is 108 cm³/mol. The van der Waals surface area contributed by atoms with Gasteiger partial charge in [-0.2, -0.15) is 0 Å². The van der Waals surface area contributed by atoms with Gasteiger partial charge in [-0.1, -0.05) is 43.3 Å². The Hall–Kier alpha value is -2.39. The molecule has 3 aliphatic carbocycles. The predicted octanol–water partition coefficient (Wildman–Crippen LogP) is 4.90. The Kier molecular flexibility index (Phi) is 4.17. The van der Waals surface area contributed by atoms with E-state index in [1.165, 1.54) is 11.1 Å². The number of allylic oxidation sites excluding steroid dienone is 1. The van der Waals surface area contributed by atoms with Crippen LogP contribution < -0.4 is 4.74 Å². The maximum absolute atomic E-state index is 12.3. The van der Waals surface area contributed by atoms with E-state index in [9.17, 15) is 9.90 Å². The Balaban J connectivity index is 1.38. The summed E-state index contributed by atoms with van der Waals surface area (Å²) in [5.41, 5.74) is 3.29. The molecule has 1 fully saturated rings. The van der Waals surface area contributed by atoms with E-state index in [0.717, 1.165) is 25.7 Å². The van der Waals surface area contributed by atoms with Crippen LogP contribution in [0.4, 0.5) is 0 Å². The van der Waals surface area contributed by atoms with Crippen LogP contribution >= 0.6 is 0 Å². The van der Waals surface area contributed by atoms with Gasteiger partial charge in [0.05, 0.1) is 11.7 Å². The van der Waals surface area contributed by atoms with E-state index in [-0.39, 0.29) is 17.5 Å². The SMILES string of the molecule is CC12CCC3c4ccc(OC(=O)c5ccccc5)cc4CCC3C1C=C[C@@H]2O. The fourth-order valence-electron chi connectivity index (χ4n) is 5.79. The van der Waals surface area contributed by atoms with E-state index in [2.05, 4.69) is 25.1 Å². The molecule has 0 amide bonds. The number of rotatable bonds is 2. The highest BCUT2D eigenvalue weighted by Gasteiger charge is 2.52. The van der Waals surface area contributed by atoms with Gasteiger partial charge in [0.25, 0.3) is 0 Å². The van der Waals surface area contributed by atoms with Crippen molar-refractivity contribution in [3.05, 3.63) is 77.4 Å². The Morgan fingerprint density at radius 1 is 1.11 bits per heavy atom. The molecule has 2 aromatic carbocycles. The van der Waals surface area contributed by atoms with Gasteiger partial charge in [0, 0.05) is 5.41 Å². The second-order valence-corrected chi connectivity index (χ2v) is 8.83. The monoisotopic (exact) mass is 374 g/mol. The zero-order valence-corrected chi connectivity index (χ0v) is 16.2. The Labute approximate surface area is 166 Å². The zero-order valence-electron chi connectivity index (χ0n) is 16.2. The molecule has 2 aromatic rings. The molecule has 3 nitrogen and oxygen atoms in total.